The highest BCUT2D eigenvalue weighted by Crippen LogP contribution is 2.12. The normalized spacial score (nSPS) is 10.4. The van der Waals surface area contributed by atoms with Gasteiger partial charge in [0.1, 0.15) is 0 Å². The summed E-state index contributed by atoms with van der Waals surface area (Å²) < 4.78 is 0. The Morgan fingerprint density at radius 2 is 2.36 bits per heavy atom. The second kappa shape index (κ2) is 4.46. The Hall–Kier alpha value is -0.410. The first kappa shape index (κ1) is 8.68. The molecule has 0 radical (unpaired) electrons. The number of aromatic nitrogens is 1. The number of thiazole rings is 1. The third-order valence-electron chi connectivity index (χ3n) is 1.45. The first-order valence-corrected chi connectivity index (χ1v) is 4.82. The largest absolute Gasteiger partial charge is 0.312 e. The zero-order valence-corrected chi connectivity index (χ0v) is 7.87. The minimum atomic E-state index is 0.966. The van der Waals surface area contributed by atoms with Gasteiger partial charge in [0.05, 0.1) is 5.01 Å². The summed E-state index contributed by atoms with van der Waals surface area (Å²) in [5.41, 5.74) is 0. The second-order valence-corrected chi connectivity index (χ2v) is 3.55. The lowest BCUT2D eigenvalue weighted by Gasteiger charge is -1.94. The molecule has 1 aromatic heterocycles. The molecule has 3 heteroatoms. The standard InChI is InChI=1S/C8H14N2S/c1-3-8-10-6-7(11-8)5-9-4-2/h6,9H,3-5H2,1-2H3. The van der Waals surface area contributed by atoms with Crippen molar-refractivity contribution in [2.45, 2.75) is 26.8 Å². The average molecular weight is 170 g/mol. The van der Waals surface area contributed by atoms with Crippen molar-refractivity contribution in [2.24, 2.45) is 0 Å². The molecular weight excluding hydrogens is 156 g/mol. The Morgan fingerprint density at radius 1 is 1.55 bits per heavy atom. The third-order valence-corrected chi connectivity index (χ3v) is 2.59. The Kier molecular flexibility index (Phi) is 3.52. The monoisotopic (exact) mass is 170 g/mol. The summed E-state index contributed by atoms with van der Waals surface area (Å²) in [6, 6.07) is 0. The molecule has 0 amide bonds. The van der Waals surface area contributed by atoms with Gasteiger partial charge in [-0.05, 0) is 13.0 Å². The Morgan fingerprint density at radius 3 is 2.91 bits per heavy atom. The van der Waals surface area contributed by atoms with Crippen molar-refractivity contribution in [1.82, 2.24) is 10.3 Å². The Bertz CT molecular complexity index is 208. The molecule has 0 aliphatic heterocycles. The van der Waals surface area contributed by atoms with Crippen molar-refractivity contribution in [3.8, 4) is 0 Å². The summed E-state index contributed by atoms with van der Waals surface area (Å²) in [6.45, 7) is 6.24. The quantitative estimate of drug-likeness (QED) is 0.745. The van der Waals surface area contributed by atoms with Crippen LogP contribution in [0.15, 0.2) is 6.20 Å². The van der Waals surface area contributed by atoms with Gasteiger partial charge in [-0.3, -0.25) is 0 Å². The van der Waals surface area contributed by atoms with E-state index in [2.05, 4.69) is 24.1 Å². The minimum absolute atomic E-state index is 0.966. The molecule has 0 saturated carbocycles. The van der Waals surface area contributed by atoms with Crippen molar-refractivity contribution < 1.29 is 0 Å². The number of hydrogen-bond donors (Lipinski definition) is 1. The molecule has 1 rings (SSSR count). The van der Waals surface area contributed by atoms with E-state index in [0.29, 0.717) is 0 Å². The lowest BCUT2D eigenvalue weighted by atomic mass is 10.5. The summed E-state index contributed by atoms with van der Waals surface area (Å²) in [5.74, 6) is 0. The maximum absolute atomic E-state index is 4.27. The van der Waals surface area contributed by atoms with Crippen LogP contribution in [-0.2, 0) is 13.0 Å². The molecule has 0 bridgehead atoms. The molecule has 62 valence electrons. The summed E-state index contributed by atoms with van der Waals surface area (Å²) in [5, 5.41) is 4.51. The molecule has 1 aromatic rings. The molecule has 0 saturated heterocycles. The summed E-state index contributed by atoms with van der Waals surface area (Å²) in [7, 11) is 0. The summed E-state index contributed by atoms with van der Waals surface area (Å²) >= 11 is 1.80. The van der Waals surface area contributed by atoms with Crippen LogP contribution in [0.4, 0.5) is 0 Å². The smallest absolute Gasteiger partial charge is 0.0925 e. The second-order valence-electron chi connectivity index (χ2n) is 2.35. The fourth-order valence-electron chi connectivity index (χ4n) is 0.841. The fourth-order valence-corrected chi connectivity index (χ4v) is 1.67. The van der Waals surface area contributed by atoms with Crippen LogP contribution in [-0.4, -0.2) is 11.5 Å². The van der Waals surface area contributed by atoms with Gasteiger partial charge < -0.3 is 5.32 Å². The molecule has 1 N–H and O–H groups in total. The molecule has 0 aromatic carbocycles. The van der Waals surface area contributed by atoms with Crippen molar-refractivity contribution >= 4 is 11.3 Å². The van der Waals surface area contributed by atoms with Gasteiger partial charge in [-0.25, -0.2) is 4.98 Å². The Balaban J connectivity index is 2.44. The lowest BCUT2D eigenvalue weighted by Crippen LogP contribution is -2.10. The van der Waals surface area contributed by atoms with Gasteiger partial charge >= 0.3 is 0 Å². The molecule has 2 nitrogen and oxygen atoms in total. The predicted molar refractivity (Wildman–Crippen MR) is 48.9 cm³/mol. The molecule has 0 unspecified atom stereocenters. The highest BCUT2D eigenvalue weighted by atomic mass is 32.1. The van der Waals surface area contributed by atoms with Crippen molar-refractivity contribution in [3.05, 3.63) is 16.1 Å². The van der Waals surface area contributed by atoms with E-state index in [4.69, 9.17) is 0 Å². The number of rotatable bonds is 4. The molecule has 1 heterocycles. The predicted octanol–water partition coefficient (Wildman–Crippen LogP) is 1.81. The molecule has 0 fully saturated rings. The van der Waals surface area contributed by atoms with Gasteiger partial charge in [-0.1, -0.05) is 13.8 Å². The lowest BCUT2D eigenvalue weighted by molar-refractivity contribution is 0.734. The van der Waals surface area contributed by atoms with Crippen molar-refractivity contribution in [2.75, 3.05) is 6.54 Å². The van der Waals surface area contributed by atoms with Crippen LogP contribution < -0.4 is 5.32 Å². The average Bonchev–Trinajstić information content (AvgIpc) is 2.48. The zero-order valence-electron chi connectivity index (χ0n) is 7.05. The van der Waals surface area contributed by atoms with E-state index >= 15 is 0 Å². The Labute approximate surface area is 71.7 Å². The van der Waals surface area contributed by atoms with E-state index in [1.807, 2.05) is 6.20 Å². The van der Waals surface area contributed by atoms with E-state index in [-0.39, 0.29) is 0 Å². The van der Waals surface area contributed by atoms with Gasteiger partial charge in [0.15, 0.2) is 0 Å². The molecule has 11 heavy (non-hydrogen) atoms. The number of nitrogens with zero attached hydrogens (tertiary/aromatic N) is 1. The van der Waals surface area contributed by atoms with Crippen LogP contribution in [0.25, 0.3) is 0 Å². The maximum atomic E-state index is 4.27. The highest BCUT2D eigenvalue weighted by Gasteiger charge is 1.97. The topological polar surface area (TPSA) is 24.9 Å². The number of aryl methyl sites for hydroxylation is 1. The minimum Gasteiger partial charge on any atom is -0.312 e. The number of hydrogen-bond acceptors (Lipinski definition) is 3. The molecule has 0 spiro atoms. The van der Waals surface area contributed by atoms with Crippen LogP contribution in [0.3, 0.4) is 0 Å². The molecule has 0 aliphatic rings. The highest BCUT2D eigenvalue weighted by molar-refractivity contribution is 7.11. The van der Waals surface area contributed by atoms with Crippen molar-refractivity contribution in [1.29, 1.82) is 0 Å². The first-order valence-electron chi connectivity index (χ1n) is 4.01. The summed E-state index contributed by atoms with van der Waals surface area (Å²) in [4.78, 5) is 5.60. The van der Waals surface area contributed by atoms with E-state index in [1.54, 1.807) is 11.3 Å². The summed E-state index contributed by atoms with van der Waals surface area (Å²) in [6.07, 6.45) is 3.02. The van der Waals surface area contributed by atoms with Gasteiger partial charge in [0.25, 0.3) is 0 Å². The zero-order chi connectivity index (χ0) is 8.10. The van der Waals surface area contributed by atoms with E-state index in [0.717, 1.165) is 19.5 Å². The molecule has 0 aliphatic carbocycles. The van der Waals surface area contributed by atoms with Gasteiger partial charge in [0, 0.05) is 17.6 Å². The van der Waals surface area contributed by atoms with E-state index in [9.17, 15) is 0 Å². The maximum Gasteiger partial charge on any atom is 0.0925 e. The van der Waals surface area contributed by atoms with Crippen LogP contribution in [0.2, 0.25) is 0 Å². The number of nitrogens with one attached hydrogen (secondary N) is 1. The van der Waals surface area contributed by atoms with Crippen LogP contribution in [0.1, 0.15) is 23.7 Å². The van der Waals surface area contributed by atoms with Crippen LogP contribution in [0, 0.1) is 0 Å². The van der Waals surface area contributed by atoms with Gasteiger partial charge in [-0.2, -0.15) is 0 Å². The molecule has 0 atom stereocenters. The van der Waals surface area contributed by atoms with Gasteiger partial charge in [-0.15, -0.1) is 11.3 Å². The fraction of sp³-hybridized carbons (Fsp3) is 0.625. The van der Waals surface area contributed by atoms with Crippen LogP contribution >= 0.6 is 11.3 Å². The van der Waals surface area contributed by atoms with E-state index in [1.165, 1.54) is 9.88 Å². The first-order chi connectivity index (χ1) is 5.36. The van der Waals surface area contributed by atoms with E-state index < -0.39 is 0 Å². The van der Waals surface area contributed by atoms with Crippen molar-refractivity contribution in [3.63, 3.8) is 0 Å². The third kappa shape index (κ3) is 2.60. The van der Waals surface area contributed by atoms with Gasteiger partial charge in [0.2, 0.25) is 0 Å². The van der Waals surface area contributed by atoms with Crippen LogP contribution in [0.5, 0.6) is 0 Å². The SMILES string of the molecule is CCNCc1cnc(CC)s1. The molecular formula is C8H14N2S.